The van der Waals surface area contributed by atoms with Crippen LogP contribution >= 0.6 is 0 Å². The van der Waals surface area contributed by atoms with Crippen molar-refractivity contribution in [3.8, 4) is 5.75 Å². The van der Waals surface area contributed by atoms with Crippen molar-refractivity contribution in [3.05, 3.63) is 29.3 Å². The van der Waals surface area contributed by atoms with Gasteiger partial charge in [-0.15, -0.1) is 0 Å². The Kier molecular flexibility index (Phi) is 3.13. The van der Waals surface area contributed by atoms with E-state index in [0.717, 1.165) is 42.8 Å². The first-order valence-corrected chi connectivity index (χ1v) is 5.66. The molecule has 1 aromatic rings. The van der Waals surface area contributed by atoms with Gasteiger partial charge in [-0.2, -0.15) is 0 Å². The number of nitrogens with zero attached hydrogens (tertiary/aromatic N) is 1. The van der Waals surface area contributed by atoms with E-state index in [1.165, 1.54) is 0 Å². The summed E-state index contributed by atoms with van der Waals surface area (Å²) in [4.78, 5) is 14.0. The average Bonchev–Trinajstić information content (AvgIpc) is 2.82. The number of amides is 1. The summed E-state index contributed by atoms with van der Waals surface area (Å²) in [6.07, 6.45) is 2.24. The zero-order valence-electron chi connectivity index (χ0n) is 9.82. The van der Waals surface area contributed by atoms with Crippen molar-refractivity contribution in [1.82, 2.24) is 4.90 Å². The van der Waals surface area contributed by atoms with Crippen molar-refractivity contribution in [1.29, 1.82) is 0 Å². The van der Waals surface area contributed by atoms with E-state index in [-0.39, 0.29) is 5.91 Å². The van der Waals surface area contributed by atoms with Crippen LogP contribution < -0.4 is 4.74 Å². The van der Waals surface area contributed by atoms with Gasteiger partial charge in [0.2, 0.25) is 0 Å². The molecule has 1 aliphatic rings. The maximum absolute atomic E-state index is 12.1. The van der Waals surface area contributed by atoms with Gasteiger partial charge in [0.1, 0.15) is 5.75 Å². The van der Waals surface area contributed by atoms with Crippen LogP contribution in [0.5, 0.6) is 5.75 Å². The van der Waals surface area contributed by atoms with Gasteiger partial charge in [0.05, 0.1) is 7.11 Å². The largest absolute Gasteiger partial charge is 0.496 e. The Labute approximate surface area is 96.0 Å². The third kappa shape index (κ3) is 2.03. The van der Waals surface area contributed by atoms with Crippen LogP contribution in [0.15, 0.2) is 18.2 Å². The van der Waals surface area contributed by atoms with Crippen LogP contribution in [-0.4, -0.2) is 31.0 Å². The van der Waals surface area contributed by atoms with E-state index >= 15 is 0 Å². The van der Waals surface area contributed by atoms with E-state index in [0.29, 0.717) is 0 Å². The number of methoxy groups -OCH3 is 1. The second kappa shape index (κ2) is 4.56. The molecule has 16 heavy (non-hydrogen) atoms. The number of hydrogen-bond acceptors (Lipinski definition) is 2. The highest BCUT2D eigenvalue weighted by Gasteiger charge is 2.19. The second-order valence-corrected chi connectivity index (χ2v) is 4.18. The first kappa shape index (κ1) is 11.0. The summed E-state index contributed by atoms with van der Waals surface area (Å²) in [5.41, 5.74) is 1.78. The van der Waals surface area contributed by atoms with Gasteiger partial charge in [0, 0.05) is 18.7 Å². The Morgan fingerprint density at radius 2 is 2.00 bits per heavy atom. The van der Waals surface area contributed by atoms with Crippen molar-refractivity contribution < 1.29 is 9.53 Å². The molecule has 0 unspecified atom stereocenters. The number of aryl methyl sites for hydroxylation is 1. The Morgan fingerprint density at radius 1 is 1.31 bits per heavy atom. The minimum absolute atomic E-state index is 0.121. The highest BCUT2D eigenvalue weighted by molar-refractivity contribution is 5.94. The van der Waals surface area contributed by atoms with Crippen molar-refractivity contribution in [2.75, 3.05) is 20.2 Å². The molecule has 1 amide bonds. The van der Waals surface area contributed by atoms with Crippen LogP contribution in [0.1, 0.15) is 28.8 Å². The van der Waals surface area contributed by atoms with Crippen LogP contribution in [0.3, 0.4) is 0 Å². The third-order valence-corrected chi connectivity index (χ3v) is 3.05. The summed E-state index contributed by atoms with van der Waals surface area (Å²) in [6.45, 7) is 3.74. The summed E-state index contributed by atoms with van der Waals surface area (Å²) >= 11 is 0. The lowest BCUT2D eigenvalue weighted by Gasteiger charge is -2.16. The first-order chi connectivity index (χ1) is 7.72. The second-order valence-electron chi connectivity index (χ2n) is 4.18. The molecule has 0 aliphatic carbocycles. The number of ether oxygens (including phenoxy) is 1. The van der Waals surface area contributed by atoms with Gasteiger partial charge in [0.15, 0.2) is 0 Å². The molecule has 0 saturated carbocycles. The minimum Gasteiger partial charge on any atom is -0.496 e. The van der Waals surface area contributed by atoms with Gasteiger partial charge in [-0.05, 0) is 37.5 Å². The van der Waals surface area contributed by atoms with E-state index in [2.05, 4.69) is 0 Å². The molecule has 2 rings (SSSR count). The monoisotopic (exact) mass is 219 g/mol. The Bertz CT molecular complexity index is 395. The Balaban J connectivity index is 2.22. The topological polar surface area (TPSA) is 29.5 Å². The van der Waals surface area contributed by atoms with Gasteiger partial charge in [-0.3, -0.25) is 4.79 Å². The van der Waals surface area contributed by atoms with Crippen LogP contribution in [0, 0.1) is 6.92 Å². The van der Waals surface area contributed by atoms with Crippen molar-refractivity contribution >= 4 is 5.91 Å². The fraction of sp³-hybridized carbons (Fsp3) is 0.462. The summed E-state index contributed by atoms with van der Waals surface area (Å²) < 4.78 is 5.23. The van der Waals surface area contributed by atoms with Crippen LogP contribution in [0.4, 0.5) is 0 Å². The lowest BCUT2D eigenvalue weighted by molar-refractivity contribution is 0.0792. The average molecular weight is 219 g/mol. The molecule has 86 valence electrons. The molecule has 0 radical (unpaired) electrons. The number of hydrogen-bond donors (Lipinski definition) is 0. The summed E-state index contributed by atoms with van der Waals surface area (Å²) in [6, 6.07) is 5.64. The summed E-state index contributed by atoms with van der Waals surface area (Å²) in [7, 11) is 1.63. The summed E-state index contributed by atoms with van der Waals surface area (Å²) in [5.74, 6) is 0.904. The van der Waals surface area contributed by atoms with Gasteiger partial charge in [0.25, 0.3) is 5.91 Å². The van der Waals surface area contributed by atoms with E-state index in [1.54, 1.807) is 7.11 Å². The maximum atomic E-state index is 12.1. The SMILES string of the molecule is COc1cc(C(=O)N2CCCC2)ccc1C. The molecule has 0 aromatic heterocycles. The third-order valence-electron chi connectivity index (χ3n) is 3.05. The molecule has 0 bridgehead atoms. The zero-order chi connectivity index (χ0) is 11.5. The molecule has 1 aliphatic heterocycles. The molecule has 3 heteroatoms. The van der Waals surface area contributed by atoms with Crippen LogP contribution in [-0.2, 0) is 0 Å². The number of benzene rings is 1. The molecule has 0 N–H and O–H groups in total. The Morgan fingerprint density at radius 3 is 2.62 bits per heavy atom. The quantitative estimate of drug-likeness (QED) is 0.763. The molecule has 1 saturated heterocycles. The molecule has 1 aromatic carbocycles. The van der Waals surface area contributed by atoms with E-state index in [9.17, 15) is 4.79 Å². The standard InChI is InChI=1S/C13H17NO2/c1-10-5-6-11(9-12(10)16-2)13(15)14-7-3-4-8-14/h5-6,9H,3-4,7-8H2,1-2H3. The smallest absolute Gasteiger partial charge is 0.253 e. The zero-order valence-corrected chi connectivity index (χ0v) is 9.82. The van der Waals surface area contributed by atoms with Crippen LogP contribution in [0.2, 0.25) is 0 Å². The van der Waals surface area contributed by atoms with Crippen molar-refractivity contribution in [3.63, 3.8) is 0 Å². The predicted molar refractivity (Wildman–Crippen MR) is 62.9 cm³/mol. The van der Waals surface area contributed by atoms with Gasteiger partial charge < -0.3 is 9.64 Å². The predicted octanol–water partition coefficient (Wildman–Crippen LogP) is 2.24. The lowest BCUT2D eigenvalue weighted by Crippen LogP contribution is -2.27. The molecule has 3 nitrogen and oxygen atoms in total. The highest BCUT2D eigenvalue weighted by atomic mass is 16.5. The number of rotatable bonds is 2. The minimum atomic E-state index is 0.121. The molecule has 0 atom stereocenters. The number of carbonyl (C=O) groups is 1. The fourth-order valence-corrected chi connectivity index (χ4v) is 2.06. The van der Waals surface area contributed by atoms with Gasteiger partial charge in [-0.1, -0.05) is 6.07 Å². The van der Waals surface area contributed by atoms with E-state index in [1.807, 2.05) is 30.0 Å². The molecule has 1 heterocycles. The molecular formula is C13H17NO2. The molecular weight excluding hydrogens is 202 g/mol. The number of carbonyl (C=O) groups excluding carboxylic acids is 1. The van der Waals surface area contributed by atoms with Crippen molar-refractivity contribution in [2.24, 2.45) is 0 Å². The maximum Gasteiger partial charge on any atom is 0.253 e. The van der Waals surface area contributed by atoms with Crippen molar-refractivity contribution in [2.45, 2.75) is 19.8 Å². The lowest BCUT2D eigenvalue weighted by atomic mass is 10.1. The van der Waals surface area contributed by atoms with E-state index < -0.39 is 0 Å². The normalized spacial score (nSPS) is 15.2. The molecule has 0 spiro atoms. The highest BCUT2D eigenvalue weighted by Crippen LogP contribution is 2.21. The van der Waals surface area contributed by atoms with E-state index in [4.69, 9.17) is 4.74 Å². The van der Waals surface area contributed by atoms with Gasteiger partial charge >= 0.3 is 0 Å². The Hall–Kier alpha value is -1.51. The number of likely N-dealkylation sites (tertiary alicyclic amines) is 1. The van der Waals surface area contributed by atoms with Crippen LogP contribution in [0.25, 0.3) is 0 Å². The van der Waals surface area contributed by atoms with Gasteiger partial charge in [-0.25, -0.2) is 0 Å². The fourth-order valence-electron chi connectivity index (χ4n) is 2.06. The molecule has 1 fully saturated rings. The summed E-state index contributed by atoms with van der Waals surface area (Å²) in [5, 5.41) is 0. The first-order valence-electron chi connectivity index (χ1n) is 5.66.